The summed E-state index contributed by atoms with van der Waals surface area (Å²) in [4.78, 5) is 24.5. The Morgan fingerprint density at radius 2 is 1.55 bits per heavy atom. The number of carbonyl (C=O) groups excluding carboxylic acids is 1. The van der Waals surface area contributed by atoms with Crippen LogP contribution in [0.4, 0.5) is 5.69 Å². The number of aromatic nitrogens is 1. The molecule has 4 aromatic carbocycles. The number of benzene rings is 4. The highest BCUT2D eigenvalue weighted by atomic mass is 16.6. The summed E-state index contributed by atoms with van der Waals surface area (Å²) < 4.78 is 2.12. The fourth-order valence-corrected chi connectivity index (χ4v) is 4.88. The van der Waals surface area contributed by atoms with Gasteiger partial charge in [-0.15, -0.1) is 0 Å². The van der Waals surface area contributed by atoms with Gasteiger partial charge in [-0.2, -0.15) is 0 Å². The van der Waals surface area contributed by atoms with Gasteiger partial charge in [0.2, 0.25) is 5.91 Å². The molecule has 190 valence electrons. The first kappa shape index (κ1) is 25.0. The Labute approximate surface area is 221 Å². The molecule has 1 N–H and O–H groups in total. The van der Waals surface area contributed by atoms with Gasteiger partial charge in [0, 0.05) is 54.7 Å². The van der Waals surface area contributed by atoms with E-state index in [0.29, 0.717) is 13.1 Å². The molecule has 0 spiro atoms. The monoisotopic (exact) mass is 503 g/mol. The largest absolute Gasteiger partial charge is 0.352 e. The molecule has 1 heterocycles. The van der Waals surface area contributed by atoms with Crippen LogP contribution in [0.15, 0.2) is 109 Å². The van der Waals surface area contributed by atoms with Gasteiger partial charge < -0.3 is 9.88 Å². The maximum absolute atomic E-state index is 13.2. The van der Waals surface area contributed by atoms with Crippen LogP contribution in [0.25, 0.3) is 10.9 Å². The zero-order chi connectivity index (χ0) is 26.5. The topological polar surface area (TPSA) is 77.2 Å². The molecular weight excluding hydrogens is 474 g/mol. The Morgan fingerprint density at radius 1 is 0.895 bits per heavy atom. The Morgan fingerprint density at radius 3 is 2.21 bits per heavy atom. The van der Waals surface area contributed by atoms with Crippen LogP contribution in [0.2, 0.25) is 0 Å². The van der Waals surface area contributed by atoms with Crippen molar-refractivity contribution in [3.63, 3.8) is 0 Å². The molecule has 38 heavy (non-hydrogen) atoms. The molecular formula is C32H29N3O3. The molecule has 5 rings (SSSR count). The Hall–Kier alpha value is -4.71. The van der Waals surface area contributed by atoms with Gasteiger partial charge in [0.05, 0.1) is 4.92 Å². The molecule has 6 heteroatoms. The molecule has 0 radical (unpaired) electrons. The summed E-state index contributed by atoms with van der Waals surface area (Å²) >= 11 is 0. The van der Waals surface area contributed by atoms with Gasteiger partial charge in [-0.25, -0.2) is 0 Å². The number of fused-ring (bicyclic) bond motifs is 1. The summed E-state index contributed by atoms with van der Waals surface area (Å²) in [5, 5.41) is 15.5. The van der Waals surface area contributed by atoms with Gasteiger partial charge >= 0.3 is 0 Å². The fourth-order valence-electron chi connectivity index (χ4n) is 4.88. The number of hydrogen-bond acceptors (Lipinski definition) is 3. The molecule has 1 unspecified atom stereocenters. The van der Waals surface area contributed by atoms with E-state index in [1.807, 2.05) is 85.8 Å². The van der Waals surface area contributed by atoms with E-state index in [4.69, 9.17) is 0 Å². The summed E-state index contributed by atoms with van der Waals surface area (Å²) in [6, 6.07) is 33.1. The molecule has 1 atom stereocenters. The van der Waals surface area contributed by atoms with E-state index in [-0.39, 0.29) is 28.9 Å². The third-order valence-corrected chi connectivity index (χ3v) is 6.88. The summed E-state index contributed by atoms with van der Waals surface area (Å²) in [5.41, 5.74) is 6.12. The highest BCUT2D eigenvalue weighted by molar-refractivity contribution is 5.88. The first-order valence-corrected chi connectivity index (χ1v) is 12.7. The van der Waals surface area contributed by atoms with Gasteiger partial charge in [-0.1, -0.05) is 90.5 Å². The lowest BCUT2D eigenvalue weighted by Gasteiger charge is -2.18. The average molecular weight is 504 g/mol. The predicted octanol–water partition coefficient (Wildman–Crippen LogP) is 6.74. The second-order valence-electron chi connectivity index (χ2n) is 9.59. The van der Waals surface area contributed by atoms with Crippen LogP contribution in [0.5, 0.6) is 0 Å². The van der Waals surface area contributed by atoms with E-state index in [9.17, 15) is 14.9 Å². The molecule has 0 aliphatic rings. The number of hydrogen-bond donors (Lipinski definition) is 1. The minimum Gasteiger partial charge on any atom is -0.352 e. The smallest absolute Gasteiger partial charge is 0.270 e. The van der Waals surface area contributed by atoms with E-state index in [1.54, 1.807) is 12.1 Å². The quantitative estimate of drug-likeness (QED) is 0.179. The van der Waals surface area contributed by atoms with E-state index in [0.717, 1.165) is 38.7 Å². The van der Waals surface area contributed by atoms with Crippen molar-refractivity contribution in [2.75, 3.05) is 0 Å². The third-order valence-electron chi connectivity index (χ3n) is 6.88. The summed E-state index contributed by atoms with van der Waals surface area (Å²) in [7, 11) is 0. The fraction of sp³-hybridized carbons (Fsp3) is 0.156. The van der Waals surface area contributed by atoms with Crippen LogP contribution in [0, 0.1) is 17.0 Å². The zero-order valence-electron chi connectivity index (χ0n) is 21.2. The van der Waals surface area contributed by atoms with Gasteiger partial charge in [-0.05, 0) is 35.2 Å². The number of amides is 1. The summed E-state index contributed by atoms with van der Waals surface area (Å²) in [5.74, 6) is -0.346. The number of nitrogens with one attached hydrogen (secondary N) is 1. The summed E-state index contributed by atoms with van der Waals surface area (Å²) in [6.45, 7) is 3.10. The number of nitro groups is 1. The molecule has 0 bridgehead atoms. The third kappa shape index (κ3) is 5.65. The second-order valence-corrected chi connectivity index (χ2v) is 9.59. The highest BCUT2D eigenvalue weighted by Crippen LogP contribution is 2.37. The van der Waals surface area contributed by atoms with Crippen LogP contribution >= 0.6 is 0 Å². The molecule has 0 saturated heterocycles. The maximum atomic E-state index is 13.2. The van der Waals surface area contributed by atoms with Crippen molar-refractivity contribution in [2.45, 2.75) is 32.4 Å². The minimum absolute atomic E-state index is 0.0346. The lowest BCUT2D eigenvalue weighted by molar-refractivity contribution is -0.384. The van der Waals surface area contributed by atoms with Crippen molar-refractivity contribution < 1.29 is 9.72 Å². The second kappa shape index (κ2) is 11.1. The highest BCUT2D eigenvalue weighted by Gasteiger charge is 2.24. The minimum atomic E-state index is -0.370. The molecule has 0 saturated carbocycles. The van der Waals surface area contributed by atoms with Crippen molar-refractivity contribution in [3.8, 4) is 0 Å². The normalized spacial score (nSPS) is 11.8. The first-order chi connectivity index (χ1) is 18.5. The molecule has 0 aliphatic carbocycles. The van der Waals surface area contributed by atoms with Crippen molar-refractivity contribution in [3.05, 3.63) is 147 Å². The lowest BCUT2D eigenvalue weighted by Crippen LogP contribution is -2.25. The van der Waals surface area contributed by atoms with Crippen molar-refractivity contribution >= 4 is 22.5 Å². The van der Waals surface area contributed by atoms with Gasteiger partial charge in [-0.3, -0.25) is 14.9 Å². The molecule has 1 amide bonds. The maximum Gasteiger partial charge on any atom is 0.270 e. The summed E-state index contributed by atoms with van der Waals surface area (Å²) in [6.07, 6.45) is 2.28. The Balaban J connectivity index is 1.56. The molecule has 1 aromatic heterocycles. The number of nitro benzene ring substituents is 1. The molecule has 6 nitrogen and oxygen atoms in total. The van der Waals surface area contributed by atoms with Gasteiger partial charge in [0.1, 0.15) is 0 Å². The first-order valence-electron chi connectivity index (χ1n) is 12.7. The average Bonchev–Trinajstić information content (AvgIpc) is 3.29. The van der Waals surface area contributed by atoms with Crippen LogP contribution in [0.3, 0.4) is 0 Å². The van der Waals surface area contributed by atoms with Crippen LogP contribution in [-0.2, 0) is 17.9 Å². The molecule has 0 fully saturated rings. The Bertz CT molecular complexity index is 1560. The number of aryl methyl sites for hydroxylation is 1. The van der Waals surface area contributed by atoms with Crippen LogP contribution in [-0.4, -0.2) is 15.4 Å². The van der Waals surface area contributed by atoms with E-state index >= 15 is 0 Å². The number of non-ortho nitro benzene ring substituents is 1. The SMILES string of the molecule is Cc1ccc(C(CC(=O)NCc2ccccc2)c2cn(Cc3ccccc3)c3ccc([N+](=O)[O-])cc23)cc1. The number of rotatable bonds is 9. The number of carbonyl (C=O) groups is 1. The van der Waals surface area contributed by atoms with Crippen molar-refractivity contribution in [1.29, 1.82) is 0 Å². The lowest BCUT2D eigenvalue weighted by atomic mass is 9.87. The van der Waals surface area contributed by atoms with Crippen LogP contribution < -0.4 is 5.32 Å². The molecule has 0 aliphatic heterocycles. The standard InChI is InChI=1S/C32H29N3O3/c1-23-12-14-26(15-13-23)28(19-32(36)33-20-24-8-4-2-5-9-24)30-22-34(21-25-10-6-3-7-11-25)31-17-16-27(35(37)38)18-29(30)31/h2-18,22,28H,19-21H2,1H3,(H,33,36). The van der Waals surface area contributed by atoms with Crippen molar-refractivity contribution in [1.82, 2.24) is 9.88 Å². The Kier molecular flexibility index (Phi) is 7.31. The predicted molar refractivity (Wildman–Crippen MR) is 150 cm³/mol. The van der Waals surface area contributed by atoms with E-state index in [2.05, 4.69) is 28.2 Å². The molecule has 5 aromatic rings. The van der Waals surface area contributed by atoms with Crippen LogP contribution in [0.1, 0.15) is 40.2 Å². The number of nitrogens with zero attached hydrogens (tertiary/aromatic N) is 2. The van der Waals surface area contributed by atoms with Crippen molar-refractivity contribution in [2.24, 2.45) is 0 Å². The van der Waals surface area contributed by atoms with Gasteiger partial charge in [0.25, 0.3) is 5.69 Å². The van der Waals surface area contributed by atoms with Gasteiger partial charge in [0.15, 0.2) is 0 Å². The zero-order valence-corrected chi connectivity index (χ0v) is 21.2. The van der Waals surface area contributed by atoms with E-state index in [1.165, 1.54) is 0 Å². The van der Waals surface area contributed by atoms with E-state index < -0.39 is 0 Å².